The van der Waals surface area contributed by atoms with Crippen molar-refractivity contribution < 1.29 is 14.3 Å². The third-order valence-electron chi connectivity index (χ3n) is 3.24. The average Bonchev–Trinajstić information content (AvgIpc) is 2.36. The van der Waals surface area contributed by atoms with Crippen LogP contribution in [0.25, 0.3) is 0 Å². The van der Waals surface area contributed by atoms with Gasteiger partial charge in [0.15, 0.2) is 0 Å². The first-order valence-corrected chi connectivity index (χ1v) is 7.06. The first-order valence-electron chi connectivity index (χ1n) is 7.06. The van der Waals surface area contributed by atoms with E-state index in [1.807, 2.05) is 26.8 Å². The Hall–Kier alpha value is -2.11. The first-order chi connectivity index (χ1) is 10.0. The normalized spacial score (nSPS) is 12.5. The van der Waals surface area contributed by atoms with Gasteiger partial charge in [-0.05, 0) is 22.5 Å². The maximum atomic E-state index is 11.5. The van der Waals surface area contributed by atoms with Gasteiger partial charge in [0, 0.05) is 11.6 Å². The van der Waals surface area contributed by atoms with Gasteiger partial charge in [0.1, 0.15) is 5.75 Å². The fourth-order valence-electron chi connectivity index (χ4n) is 2.12. The van der Waals surface area contributed by atoms with Crippen LogP contribution in [0.3, 0.4) is 0 Å². The fourth-order valence-corrected chi connectivity index (χ4v) is 2.12. The molecule has 0 bridgehead atoms. The molecule has 0 heterocycles. The summed E-state index contributed by atoms with van der Waals surface area (Å²) >= 11 is 0. The van der Waals surface area contributed by atoms with Gasteiger partial charge in [-0.15, -0.1) is 5.11 Å². The predicted octanol–water partition coefficient (Wildman–Crippen LogP) is 4.38. The van der Waals surface area contributed by atoms with Crippen molar-refractivity contribution in [2.45, 2.75) is 52.4 Å². The van der Waals surface area contributed by atoms with Gasteiger partial charge in [-0.2, -0.15) is 0 Å². The number of ether oxygens (including phenoxy) is 2. The molecule has 0 aliphatic rings. The molecule has 22 heavy (non-hydrogen) atoms. The zero-order valence-electron chi connectivity index (χ0n) is 14.4. The van der Waals surface area contributed by atoms with Gasteiger partial charge in [-0.1, -0.05) is 46.8 Å². The van der Waals surface area contributed by atoms with E-state index in [1.165, 1.54) is 7.11 Å². The summed E-state index contributed by atoms with van der Waals surface area (Å²) in [6.07, 6.45) is -0.773. The van der Waals surface area contributed by atoms with Crippen molar-refractivity contribution in [3.05, 3.63) is 23.3 Å². The molecule has 1 aromatic carbocycles. The highest BCUT2D eigenvalue weighted by atomic mass is 16.7. The Labute approximate surface area is 131 Å². The van der Waals surface area contributed by atoms with E-state index in [4.69, 9.17) is 10.6 Å². The van der Waals surface area contributed by atoms with Gasteiger partial charge in [0.25, 0.3) is 0 Å². The topological polar surface area (TPSA) is 86.3 Å². The Balaban J connectivity index is 3.61. The SMILES string of the molecule is COC(=O)Oc1cc(N=NN)c(C(C)(C)C)cc1C(C)(C)C. The number of hydrogen-bond acceptors (Lipinski definition) is 5. The van der Waals surface area contributed by atoms with E-state index in [0.717, 1.165) is 11.1 Å². The lowest BCUT2D eigenvalue weighted by Crippen LogP contribution is -2.19. The van der Waals surface area contributed by atoms with Crippen LogP contribution >= 0.6 is 0 Å². The number of rotatable bonds is 2. The van der Waals surface area contributed by atoms with E-state index in [2.05, 4.69) is 35.8 Å². The molecule has 0 saturated carbocycles. The lowest BCUT2D eigenvalue weighted by Gasteiger charge is -2.27. The Morgan fingerprint density at radius 3 is 2.00 bits per heavy atom. The molecule has 1 aromatic rings. The second-order valence-electron chi connectivity index (χ2n) is 7.14. The molecule has 0 unspecified atom stereocenters. The molecule has 0 aliphatic carbocycles. The molecule has 6 nitrogen and oxygen atoms in total. The van der Waals surface area contributed by atoms with Crippen LogP contribution in [0, 0.1) is 0 Å². The Kier molecular flexibility index (Phi) is 5.17. The van der Waals surface area contributed by atoms with E-state index in [-0.39, 0.29) is 10.8 Å². The Bertz CT molecular complexity index is 582. The Morgan fingerprint density at radius 2 is 1.59 bits per heavy atom. The van der Waals surface area contributed by atoms with E-state index < -0.39 is 6.16 Å². The van der Waals surface area contributed by atoms with Crippen LogP contribution < -0.4 is 10.6 Å². The highest BCUT2D eigenvalue weighted by Crippen LogP contribution is 2.41. The Morgan fingerprint density at radius 1 is 1.05 bits per heavy atom. The maximum absolute atomic E-state index is 11.5. The molecule has 0 fully saturated rings. The van der Waals surface area contributed by atoms with Gasteiger partial charge in [-0.25, -0.2) is 4.79 Å². The minimum Gasteiger partial charge on any atom is -0.437 e. The molecule has 0 atom stereocenters. The summed E-state index contributed by atoms with van der Waals surface area (Å²) in [5.41, 5.74) is 2.05. The fraction of sp³-hybridized carbons (Fsp3) is 0.562. The van der Waals surface area contributed by atoms with Crippen LogP contribution in [0.15, 0.2) is 22.5 Å². The molecular weight excluding hydrogens is 282 g/mol. The third kappa shape index (κ3) is 4.19. The molecular formula is C16H25N3O3. The second kappa shape index (κ2) is 6.34. The van der Waals surface area contributed by atoms with Crippen LogP contribution in [-0.2, 0) is 15.6 Å². The highest BCUT2D eigenvalue weighted by molar-refractivity contribution is 5.67. The quantitative estimate of drug-likeness (QED) is 0.289. The average molecular weight is 307 g/mol. The number of methoxy groups -OCH3 is 1. The molecule has 122 valence electrons. The van der Waals surface area contributed by atoms with Crippen molar-refractivity contribution >= 4 is 11.8 Å². The number of nitrogens with zero attached hydrogens (tertiary/aromatic N) is 2. The number of carbonyl (C=O) groups is 1. The van der Waals surface area contributed by atoms with Crippen LogP contribution in [0.1, 0.15) is 52.7 Å². The molecule has 0 saturated heterocycles. The summed E-state index contributed by atoms with van der Waals surface area (Å²) in [5.74, 6) is 5.60. The standard InChI is InChI=1S/C16H25N3O3/c1-15(2,3)10-8-11(16(4,5)6)13(22-14(20)21-7)9-12(10)18-19-17/h8-9H,1-7H3,(H2,17,18). The zero-order chi connectivity index (χ0) is 17.1. The summed E-state index contributed by atoms with van der Waals surface area (Å²) in [7, 11) is 1.27. The van der Waals surface area contributed by atoms with E-state index in [9.17, 15) is 4.79 Å². The van der Waals surface area contributed by atoms with Crippen LogP contribution in [0.2, 0.25) is 0 Å². The summed E-state index contributed by atoms with van der Waals surface area (Å²) < 4.78 is 9.85. The molecule has 0 amide bonds. The molecule has 1 rings (SSSR count). The summed E-state index contributed by atoms with van der Waals surface area (Å²) in [6, 6.07) is 3.66. The van der Waals surface area contributed by atoms with E-state index in [1.54, 1.807) is 6.07 Å². The number of nitrogens with two attached hydrogens (primary N) is 1. The highest BCUT2D eigenvalue weighted by Gasteiger charge is 2.27. The lowest BCUT2D eigenvalue weighted by molar-refractivity contribution is 0.120. The maximum Gasteiger partial charge on any atom is 0.513 e. The number of benzene rings is 1. The predicted molar refractivity (Wildman–Crippen MR) is 85.6 cm³/mol. The van der Waals surface area contributed by atoms with Crippen molar-refractivity contribution in [3.8, 4) is 5.75 Å². The van der Waals surface area contributed by atoms with Gasteiger partial charge in [0.2, 0.25) is 0 Å². The molecule has 0 aromatic heterocycles. The van der Waals surface area contributed by atoms with Crippen molar-refractivity contribution in [1.29, 1.82) is 0 Å². The van der Waals surface area contributed by atoms with Crippen molar-refractivity contribution in [1.82, 2.24) is 0 Å². The summed E-state index contributed by atoms with van der Waals surface area (Å²) in [4.78, 5) is 11.5. The van der Waals surface area contributed by atoms with Crippen LogP contribution in [0.4, 0.5) is 10.5 Å². The number of hydrogen-bond donors (Lipinski definition) is 1. The molecule has 0 spiro atoms. The second-order valence-corrected chi connectivity index (χ2v) is 7.14. The van der Waals surface area contributed by atoms with E-state index in [0.29, 0.717) is 11.4 Å². The van der Waals surface area contributed by atoms with Crippen molar-refractivity contribution in [2.75, 3.05) is 7.11 Å². The molecule has 0 radical (unpaired) electrons. The zero-order valence-corrected chi connectivity index (χ0v) is 14.4. The van der Waals surface area contributed by atoms with Crippen molar-refractivity contribution in [2.24, 2.45) is 16.2 Å². The van der Waals surface area contributed by atoms with Gasteiger partial charge in [0.05, 0.1) is 12.8 Å². The largest absolute Gasteiger partial charge is 0.513 e. The lowest BCUT2D eigenvalue weighted by atomic mass is 9.79. The molecule has 0 aliphatic heterocycles. The first kappa shape index (κ1) is 17.9. The molecule has 6 heteroatoms. The van der Waals surface area contributed by atoms with Crippen LogP contribution in [-0.4, -0.2) is 13.3 Å². The van der Waals surface area contributed by atoms with Gasteiger partial charge >= 0.3 is 6.16 Å². The summed E-state index contributed by atoms with van der Waals surface area (Å²) in [6.45, 7) is 12.4. The minimum absolute atomic E-state index is 0.159. The monoisotopic (exact) mass is 307 g/mol. The van der Waals surface area contributed by atoms with Crippen molar-refractivity contribution in [3.63, 3.8) is 0 Å². The van der Waals surface area contributed by atoms with E-state index >= 15 is 0 Å². The smallest absolute Gasteiger partial charge is 0.437 e. The molecule has 2 N–H and O–H groups in total. The third-order valence-corrected chi connectivity index (χ3v) is 3.24. The van der Waals surface area contributed by atoms with Crippen LogP contribution in [0.5, 0.6) is 5.75 Å². The van der Waals surface area contributed by atoms with Gasteiger partial charge in [-0.3, -0.25) is 0 Å². The van der Waals surface area contributed by atoms with Gasteiger partial charge < -0.3 is 15.3 Å². The summed E-state index contributed by atoms with van der Waals surface area (Å²) in [5, 5.41) is 7.33. The minimum atomic E-state index is -0.773. The number of carbonyl (C=O) groups excluding carboxylic acids is 1.